The highest BCUT2D eigenvalue weighted by Crippen LogP contribution is 2.30. The molecule has 2 N–H and O–H groups in total. The van der Waals surface area contributed by atoms with Gasteiger partial charge in [0.2, 0.25) is 0 Å². The summed E-state index contributed by atoms with van der Waals surface area (Å²) in [7, 11) is 0. The van der Waals surface area contributed by atoms with Crippen LogP contribution in [-0.2, 0) is 4.74 Å². The van der Waals surface area contributed by atoms with Crippen LogP contribution in [0.3, 0.4) is 0 Å². The Kier molecular flexibility index (Phi) is 3.09. The van der Waals surface area contributed by atoms with E-state index in [1.54, 1.807) is 29.4 Å². The van der Waals surface area contributed by atoms with Crippen LogP contribution in [0.2, 0.25) is 0 Å². The Labute approximate surface area is 112 Å². The molecule has 0 fully saturated rings. The third kappa shape index (κ3) is 2.10. The summed E-state index contributed by atoms with van der Waals surface area (Å²) in [5, 5.41) is 9.22. The highest BCUT2D eigenvalue weighted by Gasteiger charge is 2.30. The number of hydrogen-bond donors (Lipinski definition) is 2. The Bertz CT molecular complexity index is 743. The predicted octanol–water partition coefficient (Wildman–Crippen LogP) is -0.836. The van der Waals surface area contributed by atoms with Crippen LogP contribution in [-0.4, -0.2) is 36.9 Å². The van der Waals surface area contributed by atoms with Crippen molar-refractivity contribution in [1.29, 1.82) is 0 Å². The molecule has 0 amide bonds. The number of hydrogen-bond acceptors (Lipinski definition) is 5. The molecule has 0 saturated heterocycles. The van der Waals surface area contributed by atoms with Crippen molar-refractivity contribution in [3.63, 3.8) is 0 Å². The van der Waals surface area contributed by atoms with Crippen molar-refractivity contribution in [1.82, 2.24) is 19.1 Å². The van der Waals surface area contributed by atoms with Gasteiger partial charge < -0.3 is 14.4 Å². The average molecular weight is 276 g/mol. The highest BCUT2D eigenvalue weighted by atomic mass is 16.5. The fraction of sp³-hybridized carbons (Fsp3) is 0.250. The number of nitrogens with one attached hydrogen (secondary N) is 1. The first-order valence-corrected chi connectivity index (χ1v) is 5.97. The molecule has 1 aliphatic rings. The van der Waals surface area contributed by atoms with Crippen LogP contribution < -0.4 is 11.2 Å². The maximum Gasteiger partial charge on any atom is 0.330 e. The molecule has 104 valence electrons. The molecule has 2 aromatic heterocycles. The lowest BCUT2D eigenvalue weighted by Crippen LogP contribution is -2.33. The molecule has 0 saturated carbocycles. The van der Waals surface area contributed by atoms with Gasteiger partial charge in [-0.25, -0.2) is 9.78 Å². The predicted molar refractivity (Wildman–Crippen MR) is 68.8 cm³/mol. The van der Waals surface area contributed by atoms with E-state index in [-0.39, 0.29) is 6.61 Å². The summed E-state index contributed by atoms with van der Waals surface area (Å²) in [6.45, 7) is -0.202. The van der Waals surface area contributed by atoms with Crippen molar-refractivity contribution < 1.29 is 9.84 Å². The summed E-state index contributed by atoms with van der Waals surface area (Å²) >= 11 is 0. The summed E-state index contributed by atoms with van der Waals surface area (Å²) in [6, 6.07) is 1.24. The van der Waals surface area contributed by atoms with E-state index in [0.29, 0.717) is 5.70 Å². The number of aliphatic hydroxyl groups excluding tert-OH is 1. The molecule has 0 aliphatic carbocycles. The van der Waals surface area contributed by atoms with E-state index in [2.05, 4.69) is 9.97 Å². The van der Waals surface area contributed by atoms with E-state index < -0.39 is 23.6 Å². The average Bonchev–Trinajstić information content (AvgIpc) is 3.07. The molecule has 2 aromatic rings. The fourth-order valence-corrected chi connectivity index (χ4v) is 2.09. The van der Waals surface area contributed by atoms with Gasteiger partial charge >= 0.3 is 5.69 Å². The van der Waals surface area contributed by atoms with Gasteiger partial charge in [-0.2, -0.15) is 0 Å². The minimum absolute atomic E-state index is 0.202. The van der Waals surface area contributed by atoms with Crippen LogP contribution in [0.25, 0.3) is 5.70 Å². The normalized spacial score (nSPS) is 21.9. The van der Waals surface area contributed by atoms with Crippen LogP contribution in [0.4, 0.5) is 0 Å². The second-order valence-corrected chi connectivity index (χ2v) is 4.29. The maximum absolute atomic E-state index is 11.8. The zero-order valence-corrected chi connectivity index (χ0v) is 10.3. The van der Waals surface area contributed by atoms with Crippen LogP contribution in [0.1, 0.15) is 6.23 Å². The molecular formula is C12H12N4O4. The molecule has 1 aliphatic heterocycles. The van der Waals surface area contributed by atoms with E-state index in [4.69, 9.17) is 4.74 Å². The zero-order chi connectivity index (χ0) is 14.1. The number of nitrogens with zero attached hydrogens (tertiary/aromatic N) is 3. The van der Waals surface area contributed by atoms with Gasteiger partial charge in [0.1, 0.15) is 6.10 Å². The van der Waals surface area contributed by atoms with Crippen LogP contribution >= 0.6 is 0 Å². The lowest BCUT2D eigenvalue weighted by molar-refractivity contribution is -0.00841. The number of imidazole rings is 1. The Morgan fingerprint density at radius 1 is 1.40 bits per heavy atom. The summed E-state index contributed by atoms with van der Waals surface area (Å²) in [6.07, 6.45) is 6.69. The molecule has 0 bridgehead atoms. The van der Waals surface area contributed by atoms with Gasteiger partial charge in [0.25, 0.3) is 5.56 Å². The lowest BCUT2D eigenvalue weighted by Gasteiger charge is -2.18. The van der Waals surface area contributed by atoms with Gasteiger partial charge in [-0.15, -0.1) is 0 Å². The first-order valence-electron chi connectivity index (χ1n) is 5.97. The number of ether oxygens (including phenoxy) is 1. The summed E-state index contributed by atoms with van der Waals surface area (Å²) in [4.78, 5) is 29.1. The zero-order valence-electron chi connectivity index (χ0n) is 10.3. The number of aromatic nitrogens is 4. The molecule has 0 unspecified atom stereocenters. The first-order chi connectivity index (χ1) is 9.69. The van der Waals surface area contributed by atoms with E-state index in [1.165, 1.54) is 16.8 Å². The minimum Gasteiger partial charge on any atom is -0.393 e. The van der Waals surface area contributed by atoms with Crippen molar-refractivity contribution in [2.75, 3.05) is 6.61 Å². The van der Waals surface area contributed by atoms with Crippen molar-refractivity contribution in [3.8, 4) is 0 Å². The molecular weight excluding hydrogens is 264 g/mol. The van der Waals surface area contributed by atoms with Gasteiger partial charge in [0.15, 0.2) is 6.23 Å². The van der Waals surface area contributed by atoms with E-state index >= 15 is 0 Å². The Hall–Kier alpha value is -2.45. The fourth-order valence-electron chi connectivity index (χ4n) is 2.09. The quantitative estimate of drug-likeness (QED) is 0.761. The van der Waals surface area contributed by atoms with Gasteiger partial charge in [-0.3, -0.25) is 14.3 Å². The standard InChI is InChI=1S/C12H12N4O4/c17-6-8-5-9(15-4-2-13-7-15)11(20-8)16-3-1-10(18)14-12(16)19/h1-5,7-8,11,17H,6H2,(H,14,18,19)/t8-,11+/m0/s1. The first kappa shape index (κ1) is 12.6. The smallest absolute Gasteiger partial charge is 0.330 e. The summed E-state index contributed by atoms with van der Waals surface area (Å²) in [5.41, 5.74) is -0.404. The number of rotatable bonds is 3. The highest BCUT2D eigenvalue weighted by molar-refractivity contribution is 5.51. The topological polar surface area (TPSA) is 102 Å². The minimum atomic E-state index is -0.731. The van der Waals surface area contributed by atoms with Crippen LogP contribution in [0, 0.1) is 0 Å². The van der Waals surface area contributed by atoms with Crippen LogP contribution in [0.15, 0.2) is 46.6 Å². The van der Waals surface area contributed by atoms with E-state index in [0.717, 1.165) is 0 Å². The van der Waals surface area contributed by atoms with E-state index in [1.807, 2.05) is 0 Å². The monoisotopic (exact) mass is 276 g/mol. The lowest BCUT2D eigenvalue weighted by atomic mass is 10.3. The third-order valence-corrected chi connectivity index (χ3v) is 3.00. The third-order valence-electron chi connectivity index (χ3n) is 3.00. The second-order valence-electron chi connectivity index (χ2n) is 4.29. The molecule has 0 radical (unpaired) electrons. The molecule has 2 atom stereocenters. The molecule has 3 rings (SSSR count). The number of aliphatic hydroxyl groups is 1. The number of H-pyrrole nitrogens is 1. The number of aromatic amines is 1. The van der Waals surface area contributed by atoms with Gasteiger partial charge in [0.05, 0.1) is 18.6 Å². The molecule has 3 heterocycles. The molecule has 0 spiro atoms. The van der Waals surface area contributed by atoms with Gasteiger partial charge in [0, 0.05) is 24.7 Å². The van der Waals surface area contributed by atoms with Crippen molar-refractivity contribution in [2.24, 2.45) is 0 Å². The Morgan fingerprint density at radius 2 is 2.25 bits per heavy atom. The second kappa shape index (κ2) is 4.91. The molecule has 20 heavy (non-hydrogen) atoms. The van der Waals surface area contributed by atoms with E-state index in [9.17, 15) is 14.7 Å². The SMILES string of the molecule is O=c1ccn([C@@H]2O[C@H](CO)C=C2n2ccnc2)c(=O)[nH]1. The largest absolute Gasteiger partial charge is 0.393 e. The summed E-state index contributed by atoms with van der Waals surface area (Å²) < 4.78 is 8.55. The Morgan fingerprint density at radius 3 is 2.90 bits per heavy atom. The van der Waals surface area contributed by atoms with Gasteiger partial charge in [-0.1, -0.05) is 0 Å². The van der Waals surface area contributed by atoms with Crippen molar-refractivity contribution in [3.05, 3.63) is 57.9 Å². The summed E-state index contributed by atoms with van der Waals surface area (Å²) in [5.74, 6) is 0. The molecule has 8 nitrogen and oxygen atoms in total. The van der Waals surface area contributed by atoms with Crippen molar-refractivity contribution in [2.45, 2.75) is 12.3 Å². The van der Waals surface area contributed by atoms with Crippen molar-refractivity contribution >= 4 is 5.70 Å². The molecule has 0 aromatic carbocycles. The van der Waals surface area contributed by atoms with Gasteiger partial charge in [-0.05, 0) is 6.08 Å². The van der Waals surface area contributed by atoms with Crippen LogP contribution in [0.5, 0.6) is 0 Å². The molecule has 8 heteroatoms. The Balaban J connectivity index is 2.06. The maximum atomic E-state index is 11.8.